The molecule has 0 unspecified atom stereocenters. The molecule has 56 heavy (non-hydrogen) atoms. The number of rotatable bonds is 37. The standard InChI is InChI=1S/C44H81O11P/c1-4-5-21-27-37(45)31-32-40-39(41(46)33-42(40)47)28-23-19-20-25-30-44(49)55-38(35-54-56(50,51)52)34-53-43(48)29-24-18-16-14-12-10-8-6-7-9-11-13-15-17-22-26-36(2)3/h31-32,36-40,42,45,47H,4-30,33-35H2,1-3H3,(H2,50,51,52)/b32-31+/t37-,38+,39+,40+,42+/m0/s1. The van der Waals surface area contributed by atoms with Gasteiger partial charge >= 0.3 is 19.8 Å². The highest BCUT2D eigenvalue weighted by molar-refractivity contribution is 7.46. The van der Waals surface area contributed by atoms with E-state index in [-0.39, 0.29) is 43.5 Å². The van der Waals surface area contributed by atoms with Crippen molar-refractivity contribution in [3.63, 3.8) is 0 Å². The van der Waals surface area contributed by atoms with Gasteiger partial charge in [0.25, 0.3) is 0 Å². The third kappa shape index (κ3) is 29.6. The van der Waals surface area contributed by atoms with Crippen molar-refractivity contribution in [2.24, 2.45) is 17.8 Å². The molecule has 5 atom stereocenters. The molecule has 1 aliphatic rings. The summed E-state index contributed by atoms with van der Waals surface area (Å²) in [5.41, 5.74) is 0. The lowest BCUT2D eigenvalue weighted by Gasteiger charge is -2.19. The molecule has 0 aromatic rings. The van der Waals surface area contributed by atoms with Gasteiger partial charge in [-0.2, -0.15) is 0 Å². The van der Waals surface area contributed by atoms with Crippen LogP contribution in [-0.2, 0) is 32.9 Å². The molecule has 1 saturated carbocycles. The zero-order valence-electron chi connectivity index (χ0n) is 35.4. The Hall–Kier alpha value is -1.62. The summed E-state index contributed by atoms with van der Waals surface area (Å²) >= 11 is 0. The Morgan fingerprint density at radius 3 is 1.77 bits per heavy atom. The van der Waals surface area contributed by atoms with E-state index in [4.69, 9.17) is 19.3 Å². The Labute approximate surface area is 339 Å². The minimum Gasteiger partial charge on any atom is -0.462 e. The molecule has 0 aromatic carbocycles. The predicted octanol–water partition coefficient (Wildman–Crippen LogP) is 10.2. The molecule has 0 aromatic heterocycles. The topological polar surface area (TPSA) is 177 Å². The molecular weight excluding hydrogens is 735 g/mol. The second kappa shape index (κ2) is 33.2. The number of carbonyl (C=O) groups is 3. The number of phosphoric acid groups is 1. The maximum atomic E-state index is 12.5. The largest absolute Gasteiger partial charge is 0.469 e. The van der Waals surface area contributed by atoms with Crippen LogP contribution in [0.15, 0.2) is 12.2 Å². The van der Waals surface area contributed by atoms with Crippen molar-refractivity contribution in [1.29, 1.82) is 0 Å². The number of hydrogen-bond acceptors (Lipinski definition) is 9. The molecule has 1 aliphatic carbocycles. The van der Waals surface area contributed by atoms with Crippen molar-refractivity contribution < 1.29 is 52.9 Å². The average molecular weight is 817 g/mol. The first-order valence-corrected chi connectivity index (χ1v) is 24.0. The first kappa shape index (κ1) is 52.4. The van der Waals surface area contributed by atoms with E-state index in [0.29, 0.717) is 32.1 Å². The van der Waals surface area contributed by atoms with Crippen LogP contribution in [0.1, 0.15) is 201 Å². The second-order valence-corrected chi connectivity index (χ2v) is 17.9. The van der Waals surface area contributed by atoms with Gasteiger partial charge in [0, 0.05) is 31.1 Å². The molecule has 0 spiro atoms. The highest BCUT2D eigenvalue weighted by Crippen LogP contribution is 2.36. The number of Topliss-reactive ketones (excluding diaryl/α,β-unsaturated/α-hetero) is 1. The van der Waals surface area contributed by atoms with E-state index in [9.17, 15) is 29.2 Å². The van der Waals surface area contributed by atoms with Crippen LogP contribution in [0.3, 0.4) is 0 Å². The van der Waals surface area contributed by atoms with Crippen molar-refractivity contribution in [3.05, 3.63) is 12.2 Å². The normalized spacial score (nSPS) is 18.6. The van der Waals surface area contributed by atoms with Gasteiger partial charge in [0.15, 0.2) is 6.10 Å². The average Bonchev–Trinajstić information content (AvgIpc) is 3.41. The molecule has 1 rings (SSSR count). The van der Waals surface area contributed by atoms with E-state index in [1.807, 2.05) is 0 Å². The molecule has 0 amide bonds. The van der Waals surface area contributed by atoms with Gasteiger partial charge in [-0.1, -0.05) is 168 Å². The first-order chi connectivity index (χ1) is 26.8. The van der Waals surface area contributed by atoms with Gasteiger partial charge in [0.2, 0.25) is 0 Å². The SMILES string of the molecule is CCCCC[C@H](O)/C=C/[C@H]1[C@H](O)CC(=O)[C@@H]1CCCCCCC(=O)O[C@H](COC(=O)CCCCCCCCCCCCCCCCCC(C)C)COP(=O)(O)O. The Bertz CT molecular complexity index is 1090. The van der Waals surface area contributed by atoms with Crippen LogP contribution >= 0.6 is 7.82 Å². The van der Waals surface area contributed by atoms with Crippen LogP contribution in [0.25, 0.3) is 0 Å². The lowest BCUT2D eigenvalue weighted by molar-refractivity contribution is -0.161. The number of aliphatic hydroxyl groups excluding tert-OH is 2. The molecule has 11 nitrogen and oxygen atoms in total. The lowest BCUT2D eigenvalue weighted by Crippen LogP contribution is -2.29. The fourth-order valence-corrected chi connectivity index (χ4v) is 7.82. The summed E-state index contributed by atoms with van der Waals surface area (Å²) in [7, 11) is -4.82. The van der Waals surface area contributed by atoms with Crippen LogP contribution in [0.2, 0.25) is 0 Å². The monoisotopic (exact) mass is 817 g/mol. The number of ketones is 1. The molecule has 0 saturated heterocycles. The minimum atomic E-state index is -4.82. The van der Waals surface area contributed by atoms with E-state index in [1.54, 1.807) is 12.2 Å². The van der Waals surface area contributed by atoms with Gasteiger partial charge in [0.1, 0.15) is 12.4 Å². The van der Waals surface area contributed by atoms with Crippen molar-refractivity contribution in [3.8, 4) is 0 Å². The molecule has 0 heterocycles. The van der Waals surface area contributed by atoms with E-state index in [0.717, 1.165) is 57.3 Å². The van der Waals surface area contributed by atoms with E-state index in [1.165, 1.54) is 77.0 Å². The van der Waals surface area contributed by atoms with E-state index in [2.05, 4.69) is 25.3 Å². The molecule has 0 radical (unpaired) electrons. The number of aliphatic hydroxyl groups is 2. The third-order valence-corrected chi connectivity index (χ3v) is 11.3. The van der Waals surface area contributed by atoms with Crippen molar-refractivity contribution >= 4 is 25.5 Å². The number of ether oxygens (including phenoxy) is 2. The number of unbranched alkanes of at least 4 members (excludes halogenated alkanes) is 19. The number of hydrogen-bond donors (Lipinski definition) is 4. The summed E-state index contributed by atoms with van der Waals surface area (Å²) < 4.78 is 26.4. The molecule has 0 aliphatic heterocycles. The Morgan fingerprint density at radius 1 is 0.732 bits per heavy atom. The molecule has 0 bridgehead atoms. The third-order valence-electron chi connectivity index (χ3n) is 10.9. The highest BCUT2D eigenvalue weighted by Gasteiger charge is 2.39. The summed E-state index contributed by atoms with van der Waals surface area (Å²) in [4.78, 5) is 55.7. The summed E-state index contributed by atoms with van der Waals surface area (Å²) in [5, 5.41) is 20.7. The fourth-order valence-electron chi connectivity index (χ4n) is 7.45. The second-order valence-electron chi connectivity index (χ2n) is 16.6. The lowest BCUT2D eigenvalue weighted by atomic mass is 9.88. The van der Waals surface area contributed by atoms with Gasteiger partial charge in [-0.3, -0.25) is 18.9 Å². The summed E-state index contributed by atoms with van der Waals surface area (Å²) in [6.07, 6.45) is 28.4. The molecule has 4 N–H and O–H groups in total. The summed E-state index contributed by atoms with van der Waals surface area (Å²) in [6.45, 7) is 5.75. The van der Waals surface area contributed by atoms with Crippen LogP contribution < -0.4 is 0 Å². The van der Waals surface area contributed by atoms with Gasteiger partial charge < -0.3 is 29.5 Å². The fraction of sp³-hybridized carbons (Fsp3) is 0.886. The number of phosphoric ester groups is 1. The number of esters is 2. The summed E-state index contributed by atoms with van der Waals surface area (Å²) in [5.74, 6) is -0.763. The highest BCUT2D eigenvalue weighted by atomic mass is 31.2. The smallest absolute Gasteiger partial charge is 0.462 e. The van der Waals surface area contributed by atoms with E-state index < -0.39 is 44.7 Å². The Morgan fingerprint density at radius 2 is 1.23 bits per heavy atom. The molecule has 12 heteroatoms. The van der Waals surface area contributed by atoms with Gasteiger partial charge in [-0.15, -0.1) is 0 Å². The van der Waals surface area contributed by atoms with E-state index >= 15 is 0 Å². The quantitative estimate of drug-likeness (QED) is 0.0203. The Balaban J connectivity index is 2.21. The zero-order valence-corrected chi connectivity index (χ0v) is 36.3. The van der Waals surface area contributed by atoms with Crippen LogP contribution in [0.4, 0.5) is 0 Å². The maximum absolute atomic E-state index is 12.5. The van der Waals surface area contributed by atoms with Gasteiger partial charge in [0.05, 0.1) is 18.8 Å². The Kier molecular flexibility index (Phi) is 31.1. The first-order valence-electron chi connectivity index (χ1n) is 22.4. The van der Waals surface area contributed by atoms with Crippen molar-refractivity contribution in [2.75, 3.05) is 13.2 Å². The predicted molar refractivity (Wildman–Crippen MR) is 222 cm³/mol. The van der Waals surface area contributed by atoms with Crippen molar-refractivity contribution in [1.82, 2.24) is 0 Å². The number of carbonyl (C=O) groups excluding carboxylic acids is 3. The zero-order chi connectivity index (χ0) is 41.4. The van der Waals surface area contributed by atoms with Crippen LogP contribution in [0.5, 0.6) is 0 Å². The van der Waals surface area contributed by atoms with Gasteiger partial charge in [-0.05, 0) is 31.6 Å². The molecule has 328 valence electrons. The minimum absolute atomic E-state index is 0.0375. The molecular formula is C44H81O11P. The van der Waals surface area contributed by atoms with Crippen molar-refractivity contribution in [2.45, 2.75) is 219 Å². The molecule has 1 fully saturated rings. The summed E-state index contributed by atoms with van der Waals surface area (Å²) in [6, 6.07) is 0. The van der Waals surface area contributed by atoms with Gasteiger partial charge in [-0.25, -0.2) is 4.57 Å². The van der Waals surface area contributed by atoms with Crippen LogP contribution in [0, 0.1) is 17.8 Å². The maximum Gasteiger partial charge on any atom is 0.469 e. The van der Waals surface area contributed by atoms with Crippen LogP contribution in [-0.4, -0.2) is 69.2 Å².